The average molecular weight is 409 g/mol. The van der Waals surface area contributed by atoms with Crippen LogP contribution in [0.1, 0.15) is 44.2 Å². The number of fused-ring (bicyclic) bond motifs is 2. The van der Waals surface area contributed by atoms with E-state index in [1.54, 1.807) is 13.2 Å². The average Bonchev–Trinajstić information content (AvgIpc) is 3.39. The number of benzene rings is 1. The van der Waals surface area contributed by atoms with E-state index in [0.29, 0.717) is 24.3 Å². The van der Waals surface area contributed by atoms with Gasteiger partial charge in [-0.3, -0.25) is 14.4 Å². The highest BCUT2D eigenvalue weighted by atomic mass is 16.5. The zero-order chi connectivity index (χ0) is 21.5. The summed E-state index contributed by atoms with van der Waals surface area (Å²) in [5.74, 6) is -1.80. The molecule has 1 spiro atoms. The second-order valence-electron chi connectivity index (χ2n) is 7.78. The first-order chi connectivity index (χ1) is 14.4. The molecule has 7 heteroatoms. The number of nitrogens with zero attached hydrogens (tertiary/aromatic N) is 1. The summed E-state index contributed by atoms with van der Waals surface area (Å²) in [5, 5.41) is 19.8. The van der Waals surface area contributed by atoms with Gasteiger partial charge in [0.15, 0.2) is 17.3 Å². The van der Waals surface area contributed by atoms with Crippen molar-refractivity contribution in [1.29, 1.82) is 0 Å². The molecule has 0 radical (unpaired) electrons. The first-order valence-electron chi connectivity index (χ1n) is 9.99. The molecule has 156 valence electrons. The van der Waals surface area contributed by atoms with Crippen molar-refractivity contribution in [2.75, 3.05) is 7.11 Å². The molecule has 2 heterocycles. The molecule has 0 bridgehead atoms. The first kappa shape index (κ1) is 19.9. The maximum Gasteiger partial charge on any atom is 0.303 e. The van der Waals surface area contributed by atoms with Crippen molar-refractivity contribution in [1.82, 2.24) is 4.57 Å². The van der Waals surface area contributed by atoms with Gasteiger partial charge in [0, 0.05) is 12.1 Å². The summed E-state index contributed by atoms with van der Waals surface area (Å²) in [6.45, 7) is 0. The lowest BCUT2D eigenvalue weighted by atomic mass is 9.80. The standard InChI is InChI=1S/C23H23NO6/c1-30-15-6-4-14(5-7-15)16-8-9-17-21(28)20(18(25)10-11-19(26)27)22(29)23(24(16)17)12-2-3-13-23/h4-9,28H,2-3,10-13H2,1H3,(H,26,27). The summed E-state index contributed by atoms with van der Waals surface area (Å²) in [4.78, 5) is 37.1. The lowest BCUT2D eigenvalue weighted by Crippen LogP contribution is -2.46. The second kappa shape index (κ2) is 7.48. The molecule has 0 amide bonds. The number of aliphatic carboxylic acids is 1. The van der Waals surface area contributed by atoms with Crippen molar-refractivity contribution in [2.45, 2.75) is 44.1 Å². The Bertz CT molecular complexity index is 1050. The first-order valence-corrected chi connectivity index (χ1v) is 9.99. The predicted molar refractivity (Wildman–Crippen MR) is 109 cm³/mol. The van der Waals surface area contributed by atoms with Gasteiger partial charge < -0.3 is 19.5 Å². The van der Waals surface area contributed by atoms with Gasteiger partial charge in [0.05, 0.1) is 19.2 Å². The third kappa shape index (κ3) is 3.01. The Kier molecular flexibility index (Phi) is 4.97. The van der Waals surface area contributed by atoms with E-state index in [4.69, 9.17) is 9.84 Å². The molecule has 2 aromatic rings. The van der Waals surface area contributed by atoms with E-state index in [9.17, 15) is 19.5 Å². The topological polar surface area (TPSA) is 106 Å². The van der Waals surface area contributed by atoms with Gasteiger partial charge in [-0.25, -0.2) is 0 Å². The van der Waals surface area contributed by atoms with Crippen molar-refractivity contribution in [3.05, 3.63) is 47.7 Å². The third-order valence-corrected chi connectivity index (χ3v) is 6.10. The van der Waals surface area contributed by atoms with Crippen LogP contribution >= 0.6 is 0 Å². The minimum atomic E-state index is -1.12. The molecule has 1 saturated carbocycles. The Morgan fingerprint density at radius 1 is 1.03 bits per heavy atom. The number of ketones is 2. The molecule has 1 aromatic heterocycles. The number of carboxylic acids is 1. The monoisotopic (exact) mass is 409 g/mol. The molecule has 7 nitrogen and oxygen atoms in total. The van der Waals surface area contributed by atoms with Crippen molar-refractivity contribution in [3.8, 4) is 17.0 Å². The van der Waals surface area contributed by atoms with Gasteiger partial charge in [-0.05, 0) is 54.8 Å². The molecule has 2 N–H and O–H groups in total. The van der Waals surface area contributed by atoms with Crippen LogP contribution in [0.25, 0.3) is 17.0 Å². The van der Waals surface area contributed by atoms with Crippen LogP contribution in [0.2, 0.25) is 0 Å². The Morgan fingerprint density at radius 2 is 1.67 bits per heavy atom. The van der Waals surface area contributed by atoms with Crippen molar-refractivity contribution >= 4 is 23.3 Å². The van der Waals surface area contributed by atoms with Crippen LogP contribution in [0.5, 0.6) is 5.75 Å². The number of hydrogen-bond donors (Lipinski definition) is 2. The highest BCUT2D eigenvalue weighted by molar-refractivity contribution is 6.28. The number of carbonyl (C=O) groups excluding carboxylic acids is 2. The van der Waals surface area contributed by atoms with Crippen LogP contribution in [0.15, 0.2) is 42.0 Å². The van der Waals surface area contributed by atoms with E-state index < -0.39 is 23.1 Å². The Hall–Kier alpha value is -3.35. The van der Waals surface area contributed by atoms with Gasteiger partial charge in [-0.1, -0.05) is 12.8 Å². The molecule has 30 heavy (non-hydrogen) atoms. The number of hydrogen-bond acceptors (Lipinski definition) is 5. The summed E-state index contributed by atoms with van der Waals surface area (Å²) in [6.07, 6.45) is 2.11. The molecule has 1 aliphatic heterocycles. The van der Waals surface area contributed by atoms with Crippen LogP contribution < -0.4 is 4.74 Å². The molecule has 0 saturated heterocycles. The number of carboxylic acid groups (broad SMARTS) is 1. The van der Waals surface area contributed by atoms with E-state index in [1.807, 2.05) is 34.9 Å². The molecule has 1 fully saturated rings. The Morgan fingerprint density at radius 3 is 2.27 bits per heavy atom. The number of allylic oxidation sites excluding steroid dienone is 1. The number of aliphatic hydroxyl groups excluding tert-OH is 1. The fourth-order valence-electron chi connectivity index (χ4n) is 4.65. The van der Waals surface area contributed by atoms with E-state index in [1.165, 1.54) is 0 Å². The maximum absolute atomic E-state index is 13.6. The van der Waals surface area contributed by atoms with Crippen LogP contribution in [-0.4, -0.2) is 39.4 Å². The maximum atomic E-state index is 13.6. The summed E-state index contributed by atoms with van der Waals surface area (Å²) in [5.41, 5.74) is 0.876. The molecule has 0 atom stereocenters. The molecular formula is C23H23NO6. The van der Waals surface area contributed by atoms with Gasteiger partial charge in [0.1, 0.15) is 16.9 Å². The lowest BCUT2D eigenvalue weighted by molar-refractivity contribution is -0.138. The van der Waals surface area contributed by atoms with E-state index in [0.717, 1.165) is 24.1 Å². The normalized spacial score (nSPS) is 17.3. The van der Waals surface area contributed by atoms with Gasteiger partial charge >= 0.3 is 5.97 Å². The second-order valence-corrected chi connectivity index (χ2v) is 7.78. The number of methoxy groups -OCH3 is 1. The number of aliphatic hydroxyl groups is 1. The Labute approximate surface area is 173 Å². The highest BCUT2D eigenvalue weighted by Crippen LogP contribution is 2.48. The molecular weight excluding hydrogens is 386 g/mol. The van der Waals surface area contributed by atoms with Crippen LogP contribution in [0.4, 0.5) is 0 Å². The smallest absolute Gasteiger partial charge is 0.303 e. The minimum Gasteiger partial charge on any atom is -0.505 e. The number of carbonyl (C=O) groups is 3. The zero-order valence-corrected chi connectivity index (χ0v) is 16.7. The van der Waals surface area contributed by atoms with Gasteiger partial charge in [0.2, 0.25) is 0 Å². The van der Waals surface area contributed by atoms with Gasteiger partial charge in [-0.2, -0.15) is 0 Å². The molecule has 4 rings (SSSR count). The van der Waals surface area contributed by atoms with Gasteiger partial charge in [-0.15, -0.1) is 0 Å². The van der Waals surface area contributed by atoms with E-state index in [2.05, 4.69) is 0 Å². The summed E-state index contributed by atoms with van der Waals surface area (Å²) >= 11 is 0. The quantitative estimate of drug-likeness (QED) is 0.705. The van der Waals surface area contributed by atoms with E-state index >= 15 is 0 Å². The largest absolute Gasteiger partial charge is 0.505 e. The molecule has 0 unspecified atom stereocenters. The number of ether oxygens (including phenoxy) is 1. The van der Waals surface area contributed by atoms with Crippen LogP contribution in [0, 0.1) is 0 Å². The minimum absolute atomic E-state index is 0.259. The van der Waals surface area contributed by atoms with Crippen molar-refractivity contribution < 1.29 is 29.3 Å². The number of aromatic nitrogens is 1. The molecule has 1 aromatic carbocycles. The zero-order valence-electron chi connectivity index (χ0n) is 16.7. The summed E-state index contributed by atoms with van der Waals surface area (Å²) < 4.78 is 7.09. The molecule has 2 aliphatic rings. The van der Waals surface area contributed by atoms with Crippen molar-refractivity contribution in [3.63, 3.8) is 0 Å². The third-order valence-electron chi connectivity index (χ3n) is 6.10. The van der Waals surface area contributed by atoms with E-state index in [-0.39, 0.29) is 24.2 Å². The fraction of sp³-hybridized carbons (Fsp3) is 0.348. The fourth-order valence-corrected chi connectivity index (χ4v) is 4.65. The highest BCUT2D eigenvalue weighted by Gasteiger charge is 2.51. The summed E-state index contributed by atoms with van der Waals surface area (Å²) in [7, 11) is 1.59. The lowest BCUT2D eigenvalue weighted by Gasteiger charge is -2.37. The SMILES string of the molecule is COc1ccc(-c2ccc3n2C2(CCCC2)C(=O)C(C(=O)CCC(=O)O)=C3O)cc1. The number of Topliss-reactive ketones (excluding diaryl/α,β-unsaturated/α-hetero) is 2. The Balaban J connectivity index is 1.86. The van der Waals surface area contributed by atoms with Crippen LogP contribution in [-0.2, 0) is 19.9 Å². The van der Waals surface area contributed by atoms with Gasteiger partial charge in [0.25, 0.3) is 0 Å². The number of rotatable bonds is 6. The summed E-state index contributed by atoms with van der Waals surface area (Å²) in [6, 6.07) is 11.0. The molecule has 1 aliphatic carbocycles. The van der Waals surface area contributed by atoms with Crippen LogP contribution in [0.3, 0.4) is 0 Å². The van der Waals surface area contributed by atoms with Crippen molar-refractivity contribution in [2.24, 2.45) is 0 Å². The predicted octanol–water partition coefficient (Wildman–Crippen LogP) is 3.72.